The minimum atomic E-state index is -0.0999. The topological polar surface area (TPSA) is 63.1 Å². The van der Waals surface area contributed by atoms with E-state index in [1.807, 2.05) is 6.07 Å². The fourth-order valence-electron chi connectivity index (χ4n) is 9.20. The number of rotatable bonds is 11. The lowest BCUT2D eigenvalue weighted by Gasteiger charge is -2.18. The Kier molecular flexibility index (Phi) is 11.5. The van der Waals surface area contributed by atoms with Gasteiger partial charge in [-0.05, 0) is 130 Å². The van der Waals surface area contributed by atoms with Crippen molar-refractivity contribution in [3.05, 3.63) is 229 Å². The number of para-hydroxylation sites is 2. The maximum absolute atomic E-state index is 12.8. The molecule has 2 heterocycles. The van der Waals surface area contributed by atoms with Gasteiger partial charge in [0.1, 0.15) is 0 Å². The van der Waals surface area contributed by atoms with Crippen LogP contribution < -0.4 is 0 Å². The van der Waals surface area contributed by atoms with Gasteiger partial charge in [0.2, 0.25) is 0 Å². The Morgan fingerprint density at radius 3 is 1.29 bits per heavy atom. The number of aromatic nitrogens is 2. The summed E-state index contributed by atoms with van der Waals surface area (Å²) in [6.45, 7) is 5.75. The zero-order chi connectivity index (χ0) is 45.1. The summed E-state index contributed by atoms with van der Waals surface area (Å²) in [6, 6.07) is 71.1. The van der Waals surface area contributed by atoms with Gasteiger partial charge in [0.15, 0.2) is 5.78 Å². The molecule has 10 rings (SSSR count). The summed E-state index contributed by atoms with van der Waals surface area (Å²) in [5.74, 6) is -0.0785. The molecule has 1 N–H and O–H groups in total. The number of nitrogens with zero attached hydrogens (tertiary/aromatic N) is 2. The highest BCUT2D eigenvalue weighted by atomic mass is 16.3. The molecule has 0 saturated heterocycles. The normalized spacial score (nSPS) is 11.6. The average Bonchev–Trinajstić information content (AvgIpc) is 3.36. The Bertz CT molecular complexity index is 3280. The van der Waals surface area contributed by atoms with Crippen LogP contribution in [-0.2, 0) is 11.2 Å². The second-order valence-electron chi connectivity index (χ2n) is 17.1. The second-order valence-corrected chi connectivity index (χ2v) is 17.1. The third-order valence-corrected chi connectivity index (χ3v) is 12.6. The van der Waals surface area contributed by atoms with Gasteiger partial charge in [-0.15, -0.1) is 0 Å². The van der Waals surface area contributed by atoms with Gasteiger partial charge in [-0.1, -0.05) is 170 Å². The standard InChI is InChI=1S/C62H48N2O2/c1-40-12-10-15-48-31-34-59(63-61(40)48)46-26-22-44(23-27-46)55-18-6-8-20-57(55)51-37-50(54-17-5-4-14-43(54)30-33-53(66)36-42(3)65)38-52(39-51)58-21-9-7-19-56(58)45-24-28-47(29-25-45)60-35-32-49-16-11-13-41(2)62(49)64-60/h4-29,31-32,34-39,65H,30,33H2,1-3H3/b42-36-. The van der Waals surface area contributed by atoms with Crippen molar-refractivity contribution in [1.29, 1.82) is 0 Å². The molecular weight excluding hydrogens is 805 g/mol. The first-order chi connectivity index (χ1) is 32.3. The number of benzene rings is 8. The number of aliphatic hydroxyl groups is 1. The van der Waals surface area contributed by atoms with Gasteiger partial charge < -0.3 is 5.11 Å². The van der Waals surface area contributed by atoms with Gasteiger partial charge in [-0.25, -0.2) is 9.97 Å². The Morgan fingerprint density at radius 1 is 0.439 bits per heavy atom. The van der Waals surface area contributed by atoms with Gasteiger partial charge in [0, 0.05) is 34.4 Å². The van der Waals surface area contributed by atoms with E-state index in [2.05, 4.69) is 208 Å². The highest BCUT2D eigenvalue weighted by Gasteiger charge is 2.17. The van der Waals surface area contributed by atoms with Gasteiger partial charge in [-0.3, -0.25) is 4.79 Å². The first-order valence-corrected chi connectivity index (χ1v) is 22.5. The van der Waals surface area contributed by atoms with Crippen molar-refractivity contribution in [3.63, 3.8) is 0 Å². The molecular formula is C62H48N2O2. The average molecular weight is 853 g/mol. The van der Waals surface area contributed by atoms with Crippen molar-refractivity contribution in [2.45, 2.75) is 33.6 Å². The van der Waals surface area contributed by atoms with Crippen LogP contribution in [0.15, 0.2) is 212 Å². The minimum absolute atomic E-state index is 0.0214. The van der Waals surface area contributed by atoms with Crippen LogP contribution in [-0.4, -0.2) is 20.9 Å². The fourth-order valence-corrected chi connectivity index (χ4v) is 9.20. The summed E-state index contributed by atoms with van der Waals surface area (Å²) in [7, 11) is 0. The molecule has 0 saturated carbocycles. The molecule has 4 nitrogen and oxygen atoms in total. The van der Waals surface area contributed by atoms with Crippen molar-refractivity contribution in [2.24, 2.45) is 0 Å². The van der Waals surface area contributed by atoms with Gasteiger partial charge >= 0.3 is 0 Å². The maximum Gasteiger partial charge on any atom is 0.159 e. The Hall–Kier alpha value is -8.21. The zero-order valence-electron chi connectivity index (χ0n) is 37.3. The van der Waals surface area contributed by atoms with E-state index in [-0.39, 0.29) is 11.5 Å². The number of pyridine rings is 2. The van der Waals surface area contributed by atoms with Gasteiger partial charge in [0.05, 0.1) is 28.2 Å². The highest BCUT2D eigenvalue weighted by Crippen LogP contribution is 2.41. The first-order valence-electron chi connectivity index (χ1n) is 22.5. The maximum atomic E-state index is 12.8. The monoisotopic (exact) mass is 852 g/mol. The molecule has 0 unspecified atom stereocenters. The molecule has 0 bridgehead atoms. The summed E-state index contributed by atoms with van der Waals surface area (Å²) >= 11 is 0. The van der Waals surface area contributed by atoms with E-state index in [9.17, 15) is 9.90 Å². The molecule has 8 aromatic carbocycles. The van der Waals surface area contributed by atoms with Crippen LogP contribution in [0.5, 0.6) is 0 Å². The lowest BCUT2D eigenvalue weighted by molar-refractivity contribution is -0.114. The number of ketones is 1. The van der Waals surface area contributed by atoms with Crippen LogP contribution in [0.3, 0.4) is 0 Å². The molecule has 10 aromatic rings. The molecule has 0 aliphatic rings. The second kappa shape index (κ2) is 18.1. The van der Waals surface area contributed by atoms with Crippen molar-refractivity contribution >= 4 is 27.6 Å². The molecule has 4 heteroatoms. The zero-order valence-corrected chi connectivity index (χ0v) is 37.3. The fraction of sp³-hybridized carbons (Fsp3) is 0.0806. The smallest absolute Gasteiger partial charge is 0.159 e. The molecule has 66 heavy (non-hydrogen) atoms. The molecule has 0 radical (unpaired) electrons. The van der Waals surface area contributed by atoms with E-state index < -0.39 is 0 Å². The Balaban J connectivity index is 1.07. The molecule has 0 aliphatic carbocycles. The van der Waals surface area contributed by atoms with Crippen LogP contribution in [0.4, 0.5) is 0 Å². The molecule has 0 aliphatic heterocycles. The summed E-state index contributed by atoms with van der Waals surface area (Å²) < 4.78 is 0. The van der Waals surface area contributed by atoms with E-state index in [0.29, 0.717) is 12.8 Å². The molecule has 318 valence electrons. The Labute approximate surface area is 386 Å². The summed E-state index contributed by atoms with van der Waals surface area (Å²) in [4.78, 5) is 22.9. The predicted molar refractivity (Wildman–Crippen MR) is 274 cm³/mol. The quantitative estimate of drug-likeness (QED) is 0.104. The molecule has 0 amide bonds. The van der Waals surface area contributed by atoms with Crippen molar-refractivity contribution in [3.8, 4) is 78.1 Å². The largest absolute Gasteiger partial charge is 0.512 e. The molecule has 2 aromatic heterocycles. The van der Waals surface area contributed by atoms with Crippen molar-refractivity contribution in [1.82, 2.24) is 9.97 Å². The third-order valence-electron chi connectivity index (χ3n) is 12.6. The Morgan fingerprint density at radius 2 is 0.833 bits per heavy atom. The molecule has 0 atom stereocenters. The van der Waals surface area contributed by atoms with E-state index >= 15 is 0 Å². The minimum Gasteiger partial charge on any atom is -0.512 e. The molecule has 0 fully saturated rings. The van der Waals surface area contributed by atoms with Gasteiger partial charge in [-0.2, -0.15) is 0 Å². The lowest BCUT2D eigenvalue weighted by atomic mass is 9.86. The number of aliphatic hydroxyl groups excluding tert-OH is 1. The number of fused-ring (bicyclic) bond motifs is 2. The van der Waals surface area contributed by atoms with Crippen LogP contribution in [0.1, 0.15) is 30.0 Å². The SMILES string of the molecule is C/C(O)=C/C(=O)CCc1ccccc1-c1cc(-c2ccccc2-c2ccc(-c3ccc4cccc(C)c4n3)cc2)cc(-c2ccccc2-c2ccc(-c3ccc4cccc(C)c4n3)cc2)c1. The number of allylic oxidation sites excluding steroid dienone is 2. The summed E-state index contributed by atoms with van der Waals surface area (Å²) in [5.41, 5.74) is 20.5. The van der Waals surface area contributed by atoms with E-state index in [4.69, 9.17) is 9.97 Å². The number of carbonyl (C=O) groups is 1. The summed E-state index contributed by atoms with van der Waals surface area (Å²) in [5, 5.41) is 12.1. The third kappa shape index (κ3) is 8.57. The van der Waals surface area contributed by atoms with Gasteiger partial charge in [0.25, 0.3) is 0 Å². The van der Waals surface area contributed by atoms with Crippen molar-refractivity contribution < 1.29 is 9.90 Å². The number of hydrogen-bond acceptors (Lipinski definition) is 4. The van der Waals surface area contributed by atoms with Crippen LogP contribution in [0.2, 0.25) is 0 Å². The van der Waals surface area contributed by atoms with Crippen LogP contribution in [0.25, 0.3) is 100.0 Å². The van der Waals surface area contributed by atoms with Crippen LogP contribution in [0, 0.1) is 13.8 Å². The van der Waals surface area contributed by atoms with E-state index in [0.717, 1.165) is 117 Å². The predicted octanol–water partition coefficient (Wildman–Crippen LogP) is 16.0. The van der Waals surface area contributed by atoms with E-state index in [1.54, 1.807) is 0 Å². The van der Waals surface area contributed by atoms with Crippen LogP contribution >= 0.6 is 0 Å². The lowest BCUT2D eigenvalue weighted by Crippen LogP contribution is -1.99. The molecule has 0 spiro atoms. The number of aryl methyl sites for hydroxylation is 3. The van der Waals surface area contributed by atoms with E-state index in [1.165, 1.54) is 13.0 Å². The highest BCUT2D eigenvalue weighted by molar-refractivity contribution is 5.94. The number of carbonyl (C=O) groups excluding carboxylic acids is 1. The summed E-state index contributed by atoms with van der Waals surface area (Å²) in [6.07, 6.45) is 2.15. The first kappa shape index (κ1) is 41.8. The van der Waals surface area contributed by atoms with Crippen molar-refractivity contribution in [2.75, 3.05) is 0 Å². The number of hydrogen-bond donors (Lipinski definition) is 1.